The fourth-order valence-electron chi connectivity index (χ4n) is 4.64. The summed E-state index contributed by atoms with van der Waals surface area (Å²) >= 11 is 0.766. The normalized spacial score (nSPS) is 25.5. The molecule has 0 spiro atoms. The molecule has 0 saturated heterocycles. The van der Waals surface area contributed by atoms with Crippen molar-refractivity contribution in [3.8, 4) is 0 Å². The highest BCUT2D eigenvalue weighted by molar-refractivity contribution is 8.18. The number of alkyl halides is 3. The average Bonchev–Trinajstić information content (AvgIpc) is 3.21. The van der Waals surface area contributed by atoms with Gasteiger partial charge in [0.25, 0.3) is 0 Å². The molecule has 0 bridgehead atoms. The van der Waals surface area contributed by atoms with Gasteiger partial charge in [-0.1, -0.05) is 41.6 Å². The van der Waals surface area contributed by atoms with Gasteiger partial charge < -0.3 is 14.4 Å². The van der Waals surface area contributed by atoms with E-state index in [1.54, 1.807) is 30.3 Å². The smallest absolute Gasteiger partial charge is 0.452 e. The van der Waals surface area contributed by atoms with Crippen molar-refractivity contribution in [2.75, 3.05) is 6.61 Å². The highest BCUT2D eigenvalue weighted by atomic mass is 32.3. The number of benzene rings is 1. The second kappa shape index (κ2) is 9.80. The zero-order chi connectivity index (χ0) is 27.1. The van der Waals surface area contributed by atoms with Crippen molar-refractivity contribution in [1.82, 2.24) is 9.88 Å². The Labute approximate surface area is 214 Å². The van der Waals surface area contributed by atoms with E-state index >= 15 is 0 Å². The van der Waals surface area contributed by atoms with Gasteiger partial charge in [-0.15, -0.1) is 11.8 Å². The summed E-state index contributed by atoms with van der Waals surface area (Å²) in [4.78, 5) is 23.8. The van der Waals surface area contributed by atoms with E-state index in [9.17, 15) is 36.3 Å². The zero-order valence-corrected chi connectivity index (χ0v) is 21.1. The van der Waals surface area contributed by atoms with Crippen LogP contribution < -0.4 is 4.72 Å². The third kappa shape index (κ3) is 5.27. The van der Waals surface area contributed by atoms with Crippen LogP contribution in [0.2, 0.25) is 0 Å². The molecule has 3 unspecified atom stereocenters. The molecular formula is C23H23F3N2O7S2. The minimum Gasteiger partial charge on any atom is -0.480 e. The molecule has 4 rings (SSSR count). The molecule has 2 N–H and O–H groups in total. The second-order valence-corrected chi connectivity index (χ2v) is 12.3. The molecule has 2 aromatic rings. The Kier molecular flexibility index (Phi) is 7.20. The number of ether oxygens (including phenoxy) is 1. The maximum absolute atomic E-state index is 13.4. The van der Waals surface area contributed by atoms with Crippen LogP contribution >= 0.6 is 11.8 Å². The predicted molar refractivity (Wildman–Crippen MR) is 127 cm³/mol. The standard InChI is InChI=1S/C23H23F3N2O7S2/c1-14(29)34-11-5-10-21(15-6-3-2-4-7-15)13-22(21,20(30)31)28-37(32,33)19-9-8-17(36-19)16-12-18(35-27-16)23(24,25)26/h2-4,6-8,12,19,28H,5,9-11,13H2,1H3,(H,30,31). The molecule has 2 aliphatic rings. The molecule has 3 atom stereocenters. The van der Waals surface area contributed by atoms with Crippen molar-refractivity contribution in [2.24, 2.45) is 0 Å². The molecule has 1 aliphatic heterocycles. The number of carbonyl (C=O) groups excluding carboxylic acids is 1. The summed E-state index contributed by atoms with van der Waals surface area (Å²) in [6.45, 7) is 1.31. The van der Waals surface area contributed by atoms with Gasteiger partial charge in [-0.3, -0.25) is 9.59 Å². The van der Waals surface area contributed by atoms with Gasteiger partial charge in [0.2, 0.25) is 15.8 Å². The Morgan fingerprint density at radius 2 is 2.00 bits per heavy atom. The van der Waals surface area contributed by atoms with Crippen molar-refractivity contribution in [1.29, 1.82) is 0 Å². The number of allylic oxidation sites excluding steroid dienone is 1. The maximum atomic E-state index is 13.4. The summed E-state index contributed by atoms with van der Waals surface area (Å²) < 4.78 is 75.7. The number of carbonyl (C=O) groups is 2. The monoisotopic (exact) mass is 560 g/mol. The number of nitrogens with one attached hydrogen (secondary N) is 1. The number of hydrogen-bond acceptors (Lipinski definition) is 8. The van der Waals surface area contributed by atoms with Gasteiger partial charge in [-0.05, 0) is 31.2 Å². The first kappa shape index (κ1) is 27.2. The number of carboxylic acid groups (broad SMARTS) is 1. The van der Waals surface area contributed by atoms with E-state index in [-0.39, 0.29) is 36.5 Å². The minimum atomic E-state index is -4.74. The molecule has 1 aliphatic carbocycles. The Morgan fingerprint density at radius 1 is 1.30 bits per heavy atom. The van der Waals surface area contributed by atoms with Gasteiger partial charge in [0.1, 0.15) is 15.8 Å². The topological polar surface area (TPSA) is 136 Å². The number of esters is 1. The van der Waals surface area contributed by atoms with Crippen LogP contribution in [0.1, 0.15) is 49.6 Å². The molecule has 1 aromatic heterocycles. The third-order valence-corrected chi connectivity index (χ3v) is 10.1. The zero-order valence-electron chi connectivity index (χ0n) is 19.4. The van der Waals surface area contributed by atoms with Gasteiger partial charge in [0, 0.05) is 23.3 Å². The summed E-state index contributed by atoms with van der Waals surface area (Å²) in [5.74, 6) is -3.14. The van der Waals surface area contributed by atoms with Gasteiger partial charge in [-0.25, -0.2) is 8.42 Å². The summed E-state index contributed by atoms with van der Waals surface area (Å²) in [7, 11) is -4.27. The largest absolute Gasteiger partial charge is 0.480 e. The van der Waals surface area contributed by atoms with E-state index < -0.39 is 49.4 Å². The van der Waals surface area contributed by atoms with Crippen molar-refractivity contribution >= 4 is 38.6 Å². The van der Waals surface area contributed by atoms with E-state index in [0.717, 1.165) is 11.8 Å². The van der Waals surface area contributed by atoms with Crippen LogP contribution in [0.5, 0.6) is 0 Å². The maximum Gasteiger partial charge on any atom is 0.452 e. The highest BCUT2D eigenvalue weighted by Crippen LogP contribution is 2.61. The fourth-order valence-corrected chi connectivity index (χ4v) is 7.81. The number of nitrogens with zero attached hydrogens (tertiary/aromatic N) is 1. The molecule has 0 amide bonds. The predicted octanol–water partition coefficient (Wildman–Crippen LogP) is 3.93. The molecule has 1 aromatic carbocycles. The lowest BCUT2D eigenvalue weighted by Gasteiger charge is -2.26. The molecule has 200 valence electrons. The van der Waals surface area contributed by atoms with Crippen LogP contribution in [0, 0.1) is 0 Å². The lowest BCUT2D eigenvalue weighted by molar-refractivity contribution is -0.155. The fraction of sp³-hybridized carbons (Fsp3) is 0.435. The Hall–Kier alpha value is -2.84. The van der Waals surface area contributed by atoms with Crippen molar-refractivity contribution < 1.29 is 45.5 Å². The molecule has 0 radical (unpaired) electrons. The third-order valence-electron chi connectivity index (χ3n) is 6.46. The molecule has 9 nitrogen and oxygen atoms in total. The molecule has 37 heavy (non-hydrogen) atoms. The van der Waals surface area contributed by atoms with E-state index in [1.165, 1.54) is 13.0 Å². The molecule has 14 heteroatoms. The Balaban J connectivity index is 1.54. The summed E-state index contributed by atoms with van der Waals surface area (Å²) in [6.07, 6.45) is -2.85. The summed E-state index contributed by atoms with van der Waals surface area (Å²) in [5.41, 5.74) is -2.45. The van der Waals surface area contributed by atoms with E-state index in [2.05, 4.69) is 14.4 Å². The lowest BCUT2D eigenvalue weighted by Crippen LogP contribution is -2.51. The lowest BCUT2D eigenvalue weighted by atomic mass is 9.86. The average molecular weight is 561 g/mol. The van der Waals surface area contributed by atoms with E-state index in [1.807, 2.05) is 0 Å². The van der Waals surface area contributed by atoms with E-state index in [0.29, 0.717) is 18.1 Å². The number of aromatic nitrogens is 1. The van der Waals surface area contributed by atoms with Gasteiger partial charge in [-0.2, -0.15) is 17.9 Å². The van der Waals surface area contributed by atoms with Crippen LogP contribution in [-0.4, -0.2) is 47.3 Å². The van der Waals surface area contributed by atoms with E-state index in [4.69, 9.17) is 4.74 Å². The molecule has 1 saturated carbocycles. The van der Waals surface area contributed by atoms with Gasteiger partial charge in [0.15, 0.2) is 0 Å². The van der Waals surface area contributed by atoms with Crippen molar-refractivity contribution in [3.05, 3.63) is 59.5 Å². The first-order valence-corrected chi connectivity index (χ1v) is 13.6. The summed E-state index contributed by atoms with van der Waals surface area (Å²) in [6, 6.07) is 9.32. The molecular weight excluding hydrogens is 537 g/mol. The SMILES string of the molecule is CC(=O)OCCCC1(c2ccccc2)CC1(NS(=O)(=O)C1CC=C(c2cc(C(F)(F)F)on2)S1)C(=O)O. The Bertz CT molecular complexity index is 1330. The number of sulfonamides is 1. The van der Waals surface area contributed by atoms with Crippen LogP contribution in [-0.2, 0) is 35.9 Å². The second-order valence-electron chi connectivity index (χ2n) is 8.85. The van der Waals surface area contributed by atoms with Crippen LogP contribution in [0.25, 0.3) is 4.91 Å². The summed E-state index contributed by atoms with van der Waals surface area (Å²) in [5, 5.41) is 13.6. The number of hydrogen-bond donors (Lipinski definition) is 2. The number of aliphatic carboxylic acids is 1. The quantitative estimate of drug-likeness (QED) is 0.327. The highest BCUT2D eigenvalue weighted by Gasteiger charge is 2.74. The van der Waals surface area contributed by atoms with Crippen LogP contribution in [0.4, 0.5) is 13.2 Å². The van der Waals surface area contributed by atoms with Crippen molar-refractivity contribution in [3.63, 3.8) is 0 Å². The first-order chi connectivity index (χ1) is 17.3. The number of rotatable bonds is 10. The number of thioether (sulfide) groups is 1. The van der Waals surface area contributed by atoms with Gasteiger partial charge >= 0.3 is 18.1 Å². The van der Waals surface area contributed by atoms with Gasteiger partial charge in [0.05, 0.1) is 6.61 Å². The number of halogens is 3. The van der Waals surface area contributed by atoms with Crippen LogP contribution in [0.3, 0.4) is 0 Å². The number of carboxylic acids is 1. The van der Waals surface area contributed by atoms with Crippen molar-refractivity contribution in [2.45, 2.75) is 54.3 Å². The Morgan fingerprint density at radius 3 is 2.59 bits per heavy atom. The first-order valence-electron chi connectivity index (χ1n) is 11.2. The molecule has 2 heterocycles. The molecule has 1 fully saturated rings. The van der Waals surface area contributed by atoms with Crippen LogP contribution in [0.15, 0.2) is 47.0 Å². The minimum absolute atomic E-state index is 0.0193.